The van der Waals surface area contributed by atoms with Gasteiger partial charge in [0.1, 0.15) is 16.4 Å². The molecular formula is C13H21NO5S. The van der Waals surface area contributed by atoms with E-state index in [1.165, 1.54) is 26.4 Å². The summed E-state index contributed by atoms with van der Waals surface area (Å²) in [5.41, 5.74) is 0. The highest BCUT2D eigenvalue weighted by molar-refractivity contribution is 7.89. The fourth-order valence-electron chi connectivity index (χ4n) is 1.78. The van der Waals surface area contributed by atoms with Crippen molar-refractivity contribution in [3.05, 3.63) is 18.2 Å². The first-order valence-electron chi connectivity index (χ1n) is 6.33. The first kappa shape index (κ1) is 16.7. The van der Waals surface area contributed by atoms with Crippen LogP contribution in [-0.2, 0) is 10.0 Å². The molecule has 1 unspecified atom stereocenters. The Kier molecular flexibility index (Phi) is 6.25. The molecule has 7 heteroatoms. The van der Waals surface area contributed by atoms with E-state index in [0.29, 0.717) is 18.6 Å². The summed E-state index contributed by atoms with van der Waals surface area (Å²) in [4.78, 5) is 0.0530. The molecule has 2 N–H and O–H groups in total. The molecular weight excluding hydrogens is 282 g/mol. The lowest BCUT2D eigenvalue weighted by Crippen LogP contribution is -2.35. The topological polar surface area (TPSA) is 84.9 Å². The molecule has 6 nitrogen and oxygen atoms in total. The Balaban J connectivity index is 3.08. The maximum atomic E-state index is 12.3. The number of sulfonamides is 1. The van der Waals surface area contributed by atoms with E-state index in [1.54, 1.807) is 6.07 Å². The molecule has 1 aromatic carbocycles. The summed E-state index contributed by atoms with van der Waals surface area (Å²) < 4.78 is 37.4. The number of aliphatic hydroxyl groups is 1. The Morgan fingerprint density at radius 3 is 2.50 bits per heavy atom. The van der Waals surface area contributed by atoms with Crippen LogP contribution in [0.3, 0.4) is 0 Å². The van der Waals surface area contributed by atoms with Gasteiger partial charge in [-0.15, -0.1) is 0 Å². The van der Waals surface area contributed by atoms with Crippen LogP contribution in [0.25, 0.3) is 0 Å². The summed E-state index contributed by atoms with van der Waals surface area (Å²) in [6, 6.07) is 4.20. The Hall–Kier alpha value is -1.31. The summed E-state index contributed by atoms with van der Waals surface area (Å²) in [6.07, 6.45) is 0.965. The van der Waals surface area contributed by atoms with Crippen LogP contribution in [0.1, 0.15) is 19.8 Å². The van der Waals surface area contributed by atoms with Crippen LogP contribution in [0.4, 0.5) is 0 Å². The van der Waals surface area contributed by atoms with Gasteiger partial charge in [-0.1, -0.05) is 6.92 Å². The van der Waals surface area contributed by atoms with Crippen LogP contribution in [0.5, 0.6) is 11.5 Å². The van der Waals surface area contributed by atoms with Crippen LogP contribution in [0, 0.1) is 0 Å². The van der Waals surface area contributed by atoms with E-state index in [4.69, 9.17) is 14.6 Å². The van der Waals surface area contributed by atoms with Gasteiger partial charge in [-0.2, -0.15) is 0 Å². The fraction of sp³-hybridized carbons (Fsp3) is 0.538. The molecule has 0 spiro atoms. The fourth-order valence-corrected chi connectivity index (χ4v) is 3.29. The minimum atomic E-state index is -3.70. The molecule has 0 amide bonds. The average molecular weight is 303 g/mol. The van der Waals surface area contributed by atoms with E-state index in [2.05, 4.69) is 4.72 Å². The molecule has 0 aliphatic heterocycles. The lowest BCUT2D eigenvalue weighted by Gasteiger charge is -2.17. The van der Waals surface area contributed by atoms with Crippen molar-refractivity contribution >= 4 is 10.0 Å². The minimum Gasteiger partial charge on any atom is -0.497 e. The lowest BCUT2D eigenvalue weighted by atomic mass is 10.2. The molecule has 1 atom stereocenters. The second kappa shape index (κ2) is 7.47. The molecule has 0 heterocycles. The van der Waals surface area contributed by atoms with E-state index in [-0.39, 0.29) is 23.3 Å². The number of methoxy groups -OCH3 is 2. The molecule has 0 bridgehead atoms. The Morgan fingerprint density at radius 2 is 2.00 bits per heavy atom. The molecule has 0 aromatic heterocycles. The molecule has 1 aromatic rings. The molecule has 20 heavy (non-hydrogen) atoms. The first-order valence-corrected chi connectivity index (χ1v) is 7.82. The number of nitrogens with one attached hydrogen (secondary N) is 1. The molecule has 0 aliphatic carbocycles. The monoisotopic (exact) mass is 303 g/mol. The van der Waals surface area contributed by atoms with Crippen LogP contribution in [0.15, 0.2) is 23.1 Å². The quantitative estimate of drug-likeness (QED) is 0.752. The normalized spacial score (nSPS) is 13.0. The van der Waals surface area contributed by atoms with Gasteiger partial charge in [0, 0.05) is 18.7 Å². The number of hydrogen-bond acceptors (Lipinski definition) is 5. The third-order valence-electron chi connectivity index (χ3n) is 2.95. The maximum Gasteiger partial charge on any atom is 0.244 e. The Bertz CT molecular complexity index is 530. The zero-order valence-corrected chi connectivity index (χ0v) is 12.7. The summed E-state index contributed by atoms with van der Waals surface area (Å²) in [7, 11) is -0.806. The van der Waals surface area contributed by atoms with Gasteiger partial charge in [-0.05, 0) is 25.0 Å². The number of ether oxygens (including phenoxy) is 2. The van der Waals surface area contributed by atoms with E-state index < -0.39 is 10.0 Å². The van der Waals surface area contributed by atoms with Gasteiger partial charge in [0.05, 0.1) is 14.2 Å². The van der Waals surface area contributed by atoms with Crippen molar-refractivity contribution in [2.45, 2.75) is 30.7 Å². The number of hydrogen-bond donors (Lipinski definition) is 2. The van der Waals surface area contributed by atoms with Crippen molar-refractivity contribution in [3.8, 4) is 11.5 Å². The second-order valence-electron chi connectivity index (χ2n) is 4.26. The molecule has 0 saturated heterocycles. The highest BCUT2D eigenvalue weighted by Crippen LogP contribution is 2.28. The Labute approximate surface area is 119 Å². The second-order valence-corrected chi connectivity index (χ2v) is 5.94. The van der Waals surface area contributed by atoms with E-state index in [0.717, 1.165) is 0 Å². The van der Waals surface area contributed by atoms with Gasteiger partial charge < -0.3 is 14.6 Å². The predicted octanol–water partition coefficient (Wildman–Crippen LogP) is 1.14. The van der Waals surface area contributed by atoms with Gasteiger partial charge >= 0.3 is 0 Å². The van der Waals surface area contributed by atoms with Gasteiger partial charge in [0.25, 0.3) is 0 Å². The van der Waals surface area contributed by atoms with Crippen LogP contribution in [0.2, 0.25) is 0 Å². The summed E-state index contributed by atoms with van der Waals surface area (Å²) in [6.45, 7) is 1.79. The van der Waals surface area contributed by atoms with Crippen molar-refractivity contribution in [3.63, 3.8) is 0 Å². The van der Waals surface area contributed by atoms with Crippen molar-refractivity contribution in [1.82, 2.24) is 4.72 Å². The smallest absolute Gasteiger partial charge is 0.244 e. The van der Waals surface area contributed by atoms with Gasteiger partial charge in [-0.3, -0.25) is 0 Å². The van der Waals surface area contributed by atoms with Crippen molar-refractivity contribution in [2.75, 3.05) is 20.8 Å². The average Bonchev–Trinajstić information content (AvgIpc) is 2.45. The Morgan fingerprint density at radius 1 is 1.30 bits per heavy atom. The van der Waals surface area contributed by atoms with Crippen molar-refractivity contribution in [2.24, 2.45) is 0 Å². The van der Waals surface area contributed by atoms with Gasteiger partial charge in [0.2, 0.25) is 10.0 Å². The van der Waals surface area contributed by atoms with E-state index in [9.17, 15) is 8.42 Å². The third kappa shape index (κ3) is 4.09. The molecule has 0 aliphatic rings. The molecule has 0 saturated carbocycles. The SMILES string of the molecule is CCC(CCO)NS(=O)(=O)c1ccc(OC)cc1OC. The van der Waals surface area contributed by atoms with Crippen LogP contribution >= 0.6 is 0 Å². The van der Waals surface area contributed by atoms with Crippen molar-refractivity contribution in [1.29, 1.82) is 0 Å². The summed E-state index contributed by atoms with van der Waals surface area (Å²) in [5, 5.41) is 8.93. The van der Waals surface area contributed by atoms with Crippen molar-refractivity contribution < 1.29 is 23.0 Å². The molecule has 0 fully saturated rings. The first-order chi connectivity index (χ1) is 9.48. The maximum absolute atomic E-state index is 12.3. The zero-order chi connectivity index (χ0) is 15.2. The third-order valence-corrected chi connectivity index (χ3v) is 4.51. The highest BCUT2D eigenvalue weighted by atomic mass is 32.2. The summed E-state index contributed by atoms with van der Waals surface area (Å²) in [5.74, 6) is 0.735. The summed E-state index contributed by atoms with van der Waals surface area (Å²) >= 11 is 0. The van der Waals surface area contributed by atoms with E-state index in [1.807, 2.05) is 6.92 Å². The van der Waals surface area contributed by atoms with Crippen LogP contribution in [-0.4, -0.2) is 40.4 Å². The number of aliphatic hydroxyl groups excluding tert-OH is 1. The largest absolute Gasteiger partial charge is 0.497 e. The van der Waals surface area contributed by atoms with Gasteiger partial charge in [0.15, 0.2) is 0 Å². The zero-order valence-electron chi connectivity index (χ0n) is 11.9. The van der Waals surface area contributed by atoms with E-state index >= 15 is 0 Å². The molecule has 1 rings (SSSR count). The predicted molar refractivity (Wildman–Crippen MR) is 75.6 cm³/mol. The molecule has 114 valence electrons. The number of benzene rings is 1. The lowest BCUT2D eigenvalue weighted by molar-refractivity contribution is 0.270. The minimum absolute atomic E-state index is 0.0530. The standard InChI is InChI=1S/C13H21NO5S/c1-4-10(7-8-15)14-20(16,17)13-6-5-11(18-2)9-12(13)19-3/h5-6,9-10,14-15H,4,7-8H2,1-3H3. The number of rotatable bonds is 8. The molecule has 0 radical (unpaired) electrons. The highest BCUT2D eigenvalue weighted by Gasteiger charge is 2.23. The van der Waals surface area contributed by atoms with Crippen LogP contribution < -0.4 is 14.2 Å². The van der Waals surface area contributed by atoms with Gasteiger partial charge in [-0.25, -0.2) is 13.1 Å².